The van der Waals surface area contributed by atoms with Gasteiger partial charge in [0.05, 0.1) is 33.0 Å². The summed E-state index contributed by atoms with van der Waals surface area (Å²) < 4.78 is 3.34. The number of benzene rings is 3. The predicted molar refractivity (Wildman–Crippen MR) is 115 cm³/mol. The van der Waals surface area contributed by atoms with Crippen molar-refractivity contribution in [1.29, 1.82) is 0 Å². The fourth-order valence-electron chi connectivity index (χ4n) is 2.78. The fourth-order valence-corrected chi connectivity index (χ4v) is 4.12. The fraction of sp³-hybridized carbons (Fsp3) is 0.0476. The molecule has 0 fully saturated rings. The van der Waals surface area contributed by atoms with Crippen LogP contribution in [-0.2, 0) is 6.54 Å². The number of hydrogen-bond donors (Lipinski definition) is 0. The lowest BCUT2D eigenvalue weighted by Crippen LogP contribution is -2.15. The molecule has 0 aliphatic heterocycles. The second kappa shape index (κ2) is 8.09. The van der Waals surface area contributed by atoms with Gasteiger partial charge in [-0.25, -0.2) is 0 Å². The van der Waals surface area contributed by atoms with Crippen molar-refractivity contribution >= 4 is 51.0 Å². The summed E-state index contributed by atoms with van der Waals surface area (Å²) in [6.45, 7) is 0.733. The first kappa shape index (κ1) is 18.0. The van der Waals surface area contributed by atoms with Gasteiger partial charge in [0.1, 0.15) is 0 Å². The minimum absolute atomic E-state index is 0.478. The van der Waals surface area contributed by atoms with Gasteiger partial charge in [-0.15, -0.1) is 5.10 Å². The van der Waals surface area contributed by atoms with E-state index >= 15 is 0 Å². The van der Waals surface area contributed by atoms with Crippen LogP contribution in [0.2, 0.25) is 10.0 Å². The molecule has 6 heteroatoms. The molecule has 0 N–H and O–H groups in total. The van der Waals surface area contributed by atoms with Gasteiger partial charge in [-0.1, -0.05) is 89.1 Å². The minimum atomic E-state index is 0.478. The minimum Gasteiger partial charge on any atom is -0.311 e. The number of thiazole rings is 1. The molecular formula is C21H15Cl2N3S. The molecule has 4 aromatic rings. The molecule has 4 rings (SSSR count). The van der Waals surface area contributed by atoms with E-state index < -0.39 is 0 Å². The summed E-state index contributed by atoms with van der Waals surface area (Å²) in [5.41, 5.74) is 3.09. The van der Waals surface area contributed by atoms with Crippen molar-refractivity contribution in [3.63, 3.8) is 0 Å². The number of para-hydroxylation sites is 1. The van der Waals surface area contributed by atoms with Crippen LogP contribution in [0.4, 0.5) is 0 Å². The van der Waals surface area contributed by atoms with Gasteiger partial charge >= 0.3 is 0 Å². The van der Waals surface area contributed by atoms with E-state index in [2.05, 4.69) is 39.0 Å². The van der Waals surface area contributed by atoms with Crippen molar-refractivity contribution in [1.82, 2.24) is 4.57 Å². The molecule has 1 heterocycles. The Morgan fingerprint density at radius 2 is 1.67 bits per heavy atom. The highest BCUT2D eigenvalue weighted by molar-refractivity contribution is 7.16. The summed E-state index contributed by atoms with van der Waals surface area (Å²) in [7, 11) is 0. The maximum Gasteiger partial charge on any atom is 0.211 e. The molecular weight excluding hydrogens is 397 g/mol. The van der Waals surface area contributed by atoms with Crippen molar-refractivity contribution in [2.45, 2.75) is 6.54 Å². The van der Waals surface area contributed by atoms with E-state index in [1.807, 2.05) is 42.5 Å². The van der Waals surface area contributed by atoms with E-state index in [9.17, 15) is 0 Å². The van der Waals surface area contributed by atoms with Crippen molar-refractivity contribution in [3.05, 3.63) is 98.8 Å². The molecule has 3 nitrogen and oxygen atoms in total. The maximum atomic E-state index is 6.21. The highest BCUT2D eigenvalue weighted by atomic mass is 35.5. The second-order valence-corrected chi connectivity index (χ2v) is 7.71. The van der Waals surface area contributed by atoms with Crippen LogP contribution < -0.4 is 4.80 Å². The molecule has 0 saturated heterocycles. The van der Waals surface area contributed by atoms with Crippen molar-refractivity contribution in [2.75, 3.05) is 0 Å². The predicted octanol–water partition coefficient (Wildman–Crippen LogP) is 5.99. The lowest BCUT2D eigenvalue weighted by molar-refractivity contribution is 0.789. The number of rotatable bonds is 4. The van der Waals surface area contributed by atoms with Crippen LogP contribution in [0.1, 0.15) is 11.1 Å². The Kier molecular flexibility index (Phi) is 5.39. The molecule has 0 unspecified atom stereocenters. The maximum absolute atomic E-state index is 6.21. The van der Waals surface area contributed by atoms with E-state index in [0.29, 0.717) is 10.0 Å². The summed E-state index contributed by atoms with van der Waals surface area (Å²) in [6, 6.07) is 24.0. The zero-order valence-corrected chi connectivity index (χ0v) is 16.5. The van der Waals surface area contributed by atoms with Gasteiger partial charge in [0.2, 0.25) is 4.80 Å². The normalized spacial score (nSPS) is 12.3. The molecule has 0 atom stereocenters. The van der Waals surface area contributed by atoms with Crippen molar-refractivity contribution < 1.29 is 0 Å². The highest BCUT2D eigenvalue weighted by Gasteiger charge is 2.06. The van der Waals surface area contributed by atoms with E-state index in [1.165, 1.54) is 10.3 Å². The van der Waals surface area contributed by atoms with Gasteiger partial charge in [0.15, 0.2) is 0 Å². The Bertz CT molecular complexity index is 1180. The third kappa shape index (κ3) is 3.98. The first-order valence-electron chi connectivity index (χ1n) is 8.36. The van der Waals surface area contributed by atoms with Gasteiger partial charge in [-0.2, -0.15) is 5.10 Å². The Balaban J connectivity index is 1.76. The zero-order chi connectivity index (χ0) is 18.6. The summed E-state index contributed by atoms with van der Waals surface area (Å²) in [6.07, 6.45) is 1.63. The van der Waals surface area contributed by atoms with E-state index in [4.69, 9.17) is 23.2 Å². The molecule has 134 valence electrons. The summed E-state index contributed by atoms with van der Waals surface area (Å²) in [5.74, 6) is 0. The van der Waals surface area contributed by atoms with Crippen LogP contribution in [-0.4, -0.2) is 10.8 Å². The third-order valence-corrected chi connectivity index (χ3v) is 5.98. The molecule has 27 heavy (non-hydrogen) atoms. The van der Waals surface area contributed by atoms with Crippen LogP contribution in [0.25, 0.3) is 10.2 Å². The number of aromatic nitrogens is 1. The standard InChI is InChI=1S/C21H15Cl2N3S/c22-17-10-6-9-16(20(17)23)13-24-25-21-26(14-15-7-2-1-3-8-15)18-11-4-5-12-19(18)27-21/h1-13H,14H2/b24-13-,25-21-. The van der Waals surface area contributed by atoms with Crippen molar-refractivity contribution in [2.24, 2.45) is 10.2 Å². The van der Waals surface area contributed by atoms with Crippen LogP contribution >= 0.6 is 34.5 Å². The summed E-state index contributed by atoms with van der Waals surface area (Å²) in [5, 5.41) is 9.69. The largest absolute Gasteiger partial charge is 0.311 e. The molecule has 3 aromatic carbocycles. The first-order chi connectivity index (χ1) is 13.2. The van der Waals surface area contributed by atoms with E-state index in [1.54, 1.807) is 23.6 Å². The quantitative estimate of drug-likeness (QED) is 0.291. The molecule has 0 bridgehead atoms. The number of halogens is 2. The molecule has 0 aliphatic carbocycles. The second-order valence-electron chi connectivity index (χ2n) is 5.91. The Hall–Kier alpha value is -2.40. The Morgan fingerprint density at radius 3 is 2.52 bits per heavy atom. The smallest absolute Gasteiger partial charge is 0.211 e. The van der Waals surface area contributed by atoms with Gasteiger partial charge in [0.25, 0.3) is 0 Å². The monoisotopic (exact) mass is 411 g/mol. The lowest BCUT2D eigenvalue weighted by atomic mass is 10.2. The van der Waals surface area contributed by atoms with Gasteiger partial charge in [-0.3, -0.25) is 0 Å². The molecule has 0 aliphatic rings. The first-order valence-corrected chi connectivity index (χ1v) is 9.93. The average molecular weight is 412 g/mol. The highest BCUT2D eigenvalue weighted by Crippen LogP contribution is 2.24. The zero-order valence-electron chi connectivity index (χ0n) is 14.2. The van der Waals surface area contributed by atoms with Crippen LogP contribution in [0.15, 0.2) is 83.0 Å². The third-order valence-electron chi connectivity index (χ3n) is 4.09. The number of hydrogen-bond acceptors (Lipinski definition) is 3. The average Bonchev–Trinajstić information content (AvgIpc) is 3.03. The molecule has 0 saturated carbocycles. The van der Waals surface area contributed by atoms with Gasteiger partial charge < -0.3 is 4.57 Å². The van der Waals surface area contributed by atoms with Crippen LogP contribution in [0.5, 0.6) is 0 Å². The lowest BCUT2D eigenvalue weighted by Gasteiger charge is -2.05. The van der Waals surface area contributed by atoms with E-state index in [0.717, 1.165) is 22.4 Å². The summed E-state index contributed by atoms with van der Waals surface area (Å²) in [4.78, 5) is 0.828. The molecule has 0 radical (unpaired) electrons. The molecule has 0 spiro atoms. The van der Waals surface area contributed by atoms with Crippen LogP contribution in [0.3, 0.4) is 0 Å². The summed E-state index contributed by atoms with van der Waals surface area (Å²) >= 11 is 13.9. The van der Waals surface area contributed by atoms with Crippen LogP contribution in [0, 0.1) is 0 Å². The topological polar surface area (TPSA) is 29.6 Å². The molecule has 1 aromatic heterocycles. The Morgan fingerprint density at radius 1 is 0.889 bits per heavy atom. The SMILES string of the molecule is Clc1cccc(/C=N\N=c2/sc3ccccc3n2Cc2ccccc2)c1Cl. The van der Waals surface area contributed by atoms with Gasteiger partial charge in [-0.05, 0) is 23.8 Å². The number of fused-ring (bicyclic) bond motifs is 1. The molecule has 0 amide bonds. The van der Waals surface area contributed by atoms with Gasteiger partial charge in [0, 0.05) is 5.56 Å². The van der Waals surface area contributed by atoms with E-state index in [-0.39, 0.29) is 0 Å². The Labute approximate surface area is 170 Å². The number of nitrogens with zero attached hydrogens (tertiary/aromatic N) is 3. The van der Waals surface area contributed by atoms with Crippen molar-refractivity contribution in [3.8, 4) is 0 Å².